The Labute approximate surface area is 241 Å². The Hall–Kier alpha value is -4.07. The lowest BCUT2D eigenvalue weighted by molar-refractivity contribution is -0.275. The van der Waals surface area contributed by atoms with Crippen molar-refractivity contribution in [1.29, 1.82) is 0 Å². The number of thioether (sulfide) groups is 1. The zero-order valence-electron chi connectivity index (χ0n) is 22.0. The summed E-state index contributed by atoms with van der Waals surface area (Å²) in [5.74, 6) is -2.23. The minimum Gasteiger partial charge on any atom is -0.480 e. The second kappa shape index (κ2) is 13.7. The maximum Gasteiger partial charge on any atom is 0.573 e. The monoisotopic (exact) mass is 616 g/mol. The average molecular weight is 617 g/mol. The molecule has 226 valence electrons. The minimum atomic E-state index is -5.06. The van der Waals surface area contributed by atoms with Crippen LogP contribution in [-0.4, -0.2) is 47.9 Å². The van der Waals surface area contributed by atoms with Crippen LogP contribution in [0.15, 0.2) is 78.9 Å². The summed E-state index contributed by atoms with van der Waals surface area (Å²) in [4.78, 5) is 25.2. The number of amides is 2. The summed E-state index contributed by atoms with van der Waals surface area (Å²) in [5.41, 5.74) is -1.30. The molecule has 0 aromatic heterocycles. The molecule has 0 radical (unpaired) electrons. The quantitative estimate of drug-likeness (QED) is 0.202. The van der Waals surface area contributed by atoms with Crippen molar-refractivity contribution in [3.05, 3.63) is 95.6 Å². The first-order chi connectivity index (χ1) is 19.7. The number of rotatable bonds is 12. The third-order valence-electron chi connectivity index (χ3n) is 5.97. The number of hydrogen-bond donors (Lipinski definition) is 3. The summed E-state index contributed by atoms with van der Waals surface area (Å²) in [7, 11) is 0. The Bertz CT molecular complexity index is 1290. The predicted molar refractivity (Wildman–Crippen MR) is 143 cm³/mol. The number of nitrogens with one attached hydrogen (secondary N) is 2. The summed E-state index contributed by atoms with van der Waals surface area (Å²) >= 11 is 1.35. The molecule has 3 N–H and O–H groups in total. The van der Waals surface area contributed by atoms with Gasteiger partial charge in [-0.3, -0.25) is 0 Å². The number of alkyl halides is 6. The normalized spacial score (nSPS) is 12.7. The zero-order chi connectivity index (χ0) is 31.0. The van der Waals surface area contributed by atoms with Gasteiger partial charge in [0.05, 0.1) is 5.54 Å². The summed E-state index contributed by atoms with van der Waals surface area (Å²) in [6.07, 6.45) is -8.49. The fraction of sp³-hybridized carbons (Fsp3) is 0.286. The highest BCUT2D eigenvalue weighted by Crippen LogP contribution is 2.38. The molecule has 3 aromatic carbocycles. The highest BCUT2D eigenvalue weighted by molar-refractivity contribution is 7.98. The van der Waals surface area contributed by atoms with Crippen molar-refractivity contribution in [2.45, 2.75) is 37.1 Å². The van der Waals surface area contributed by atoms with E-state index in [4.69, 9.17) is 0 Å². The van der Waals surface area contributed by atoms with E-state index in [-0.39, 0.29) is 24.0 Å². The van der Waals surface area contributed by atoms with Gasteiger partial charge in [0.15, 0.2) is 0 Å². The number of hydrogen-bond acceptors (Lipinski definition) is 5. The van der Waals surface area contributed by atoms with Gasteiger partial charge in [0.25, 0.3) is 0 Å². The molecule has 3 rings (SSSR count). The van der Waals surface area contributed by atoms with Gasteiger partial charge in [-0.15, -0.1) is 26.3 Å². The van der Waals surface area contributed by atoms with E-state index in [1.807, 2.05) is 0 Å². The molecule has 0 spiro atoms. The molecule has 2 amide bonds. The van der Waals surface area contributed by atoms with Crippen LogP contribution in [0.4, 0.5) is 31.1 Å². The third kappa shape index (κ3) is 9.50. The molecule has 0 aliphatic heterocycles. The number of carbonyl (C=O) groups excluding carboxylic acids is 1. The first-order valence-electron chi connectivity index (χ1n) is 12.3. The van der Waals surface area contributed by atoms with Gasteiger partial charge in [-0.05, 0) is 59.4 Å². The van der Waals surface area contributed by atoms with Gasteiger partial charge in [-0.25, -0.2) is 9.59 Å². The van der Waals surface area contributed by atoms with Crippen LogP contribution in [0, 0.1) is 0 Å². The van der Waals surface area contributed by atoms with E-state index in [0.717, 1.165) is 24.3 Å². The third-order valence-corrected chi connectivity index (χ3v) is 6.62. The lowest BCUT2D eigenvalue weighted by atomic mass is 9.77. The van der Waals surface area contributed by atoms with E-state index in [9.17, 15) is 41.0 Å². The van der Waals surface area contributed by atoms with Crippen LogP contribution in [0.5, 0.6) is 11.5 Å². The standard InChI is InChI=1S/C28H26F6N2O5S/c1-42-14-13-23(24(37)38)35-25(39)36-26(17-18-7-3-2-4-8-18,19-9-5-11-21(15-19)40-27(29,30)31)20-10-6-12-22(16-20)41-28(32,33)34/h2-12,15-16,23H,13-14,17H2,1H3,(H,37,38)(H2,35,36,39). The number of aliphatic carboxylic acids is 1. The van der Waals surface area contributed by atoms with Crippen molar-refractivity contribution >= 4 is 23.8 Å². The molecule has 7 nitrogen and oxygen atoms in total. The topological polar surface area (TPSA) is 96.9 Å². The van der Waals surface area contributed by atoms with Crippen molar-refractivity contribution in [3.8, 4) is 11.5 Å². The second-order valence-electron chi connectivity index (χ2n) is 8.99. The maximum absolute atomic E-state index is 13.4. The first-order valence-corrected chi connectivity index (χ1v) is 13.7. The van der Waals surface area contributed by atoms with Gasteiger partial charge in [-0.2, -0.15) is 11.8 Å². The predicted octanol–water partition coefficient (Wildman–Crippen LogP) is 6.48. The van der Waals surface area contributed by atoms with Crippen molar-refractivity contribution in [3.63, 3.8) is 0 Å². The Morgan fingerprint density at radius 2 is 1.36 bits per heavy atom. The molecule has 1 atom stereocenters. The Balaban J connectivity index is 2.22. The summed E-state index contributed by atoms with van der Waals surface area (Å²) < 4.78 is 86.7. The molecule has 0 saturated heterocycles. The summed E-state index contributed by atoms with van der Waals surface area (Å²) in [6, 6.07) is 15.2. The van der Waals surface area contributed by atoms with Crippen LogP contribution in [0.3, 0.4) is 0 Å². The molecule has 0 fully saturated rings. The van der Waals surface area contributed by atoms with Crippen LogP contribution < -0.4 is 20.1 Å². The van der Waals surface area contributed by atoms with E-state index >= 15 is 0 Å². The van der Waals surface area contributed by atoms with Gasteiger partial charge in [0, 0.05) is 6.42 Å². The molecule has 0 aliphatic carbocycles. The molecule has 0 bridgehead atoms. The molecule has 0 heterocycles. The molecule has 1 unspecified atom stereocenters. The molecule has 42 heavy (non-hydrogen) atoms. The van der Waals surface area contributed by atoms with Gasteiger partial charge >= 0.3 is 24.7 Å². The number of halogens is 6. The highest BCUT2D eigenvalue weighted by Gasteiger charge is 2.40. The van der Waals surface area contributed by atoms with Crippen LogP contribution in [0.2, 0.25) is 0 Å². The first kappa shape index (κ1) is 32.4. The maximum atomic E-state index is 13.4. The summed E-state index contributed by atoms with van der Waals surface area (Å²) in [6.45, 7) is 0. The molecule has 0 aliphatic rings. The van der Waals surface area contributed by atoms with Gasteiger partial charge in [0.2, 0.25) is 0 Å². The van der Waals surface area contributed by atoms with Crippen molar-refractivity contribution < 1.29 is 50.5 Å². The van der Waals surface area contributed by atoms with E-state index in [2.05, 4.69) is 20.1 Å². The van der Waals surface area contributed by atoms with Gasteiger partial charge in [-0.1, -0.05) is 54.6 Å². The van der Waals surface area contributed by atoms with Crippen LogP contribution >= 0.6 is 11.8 Å². The lowest BCUT2D eigenvalue weighted by Gasteiger charge is -2.37. The Kier molecular flexibility index (Phi) is 10.6. The Morgan fingerprint density at radius 3 is 1.81 bits per heavy atom. The number of benzene rings is 3. The van der Waals surface area contributed by atoms with E-state index in [0.29, 0.717) is 11.3 Å². The summed E-state index contributed by atoms with van der Waals surface area (Å²) in [5, 5.41) is 14.6. The zero-order valence-corrected chi connectivity index (χ0v) is 22.8. The molecular formula is C28H26F6N2O5S. The fourth-order valence-corrected chi connectivity index (χ4v) is 4.73. The molecular weight excluding hydrogens is 590 g/mol. The SMILES string of the molecule is CSCCC(NC(=O)NC(Cc1ccccc1)(c1cccc(OC(F)(F)F)c1)c1cccc(OC(F)(F)F)c1)C(=O)O. The number of carboxylic acid groups (broad SMARTS) is 1. The van der Waals surface area contributed by atoms with Gasteiger partial charge in [0.1, 0.15) is 17.5 Å². The van der Waals surface area contributed by atoms with Crippen LogP contribution in [0.1, 0.15) is 23.1 Å². The van der Waals surface area contributed by atoms with E-state index in [1.54, 1.807) is 36.6 Å². The number of carbonyl (C=O) groups is 2. The average Bonchev–Trinajstić information content (AvgIpc) is 2.89. The number of carboxylic acids is 1. The largest absolute Gasteiger partial charge is 0.573 e. The van der Waals surface area contributed by atoms with Crippen molar-refractivity contribution in [1.82, 2.24) is 10.6 Å². The smallest absolute Gasteiger partial charge is 0.480 e. The van der Waals surface area contributed by atoms with E-state index < -0.39 is 47.8 Å². The Morgan fingerprint density at radius 1 is 0.833 bits per heavy atom. The minimum absolute atomic E-state index is 0.00315. The van der Waals surface area contributed by atoms with Crippen molar-refractivity contribution in [2.75, 3.05) is 12.0 Å². The van der Waals surface area contributed by atoms with Crippen LogP contribution in [-0.2, 0) is 16.8 Å². The second-order valence-corrected chi connectivity index (χ2v) is 9.98. The molecule has 14 heteroatoms. The van der Waals surface area contributed by atoms with Crippen molar-refractivity contribution in [2.24, 2.45) is 0 Å². The van der Waals surface area contributed by atoms with Crippen LogP contribution in [0.25, 0.3) is 0 Å². The van der Waals surface area contributed by atoms with E-state index in [1.165, 1.54) is 36.0 Å². The molecule has 3 aromatic rings. The highest BCUT2D eigenvalue weighted by atomic mass is 32.2. The fourth-order valence-electron chi connectivity index (χ4n) is 4.26. The number of urea groups is 1. The van der Waals surface area contributed by atoms with Gasteiger partial charge < -0.3 is 25.2 Å². The molecule has 0 saturated carbocycles. The lowest BCUT2D eigenvalue weighted by Crippen LogP contribution is -2.55. The number of ether oxygens (including phenoxy) is 2.